The molecule has 0 atom stereocenters. The third-order valence-corrected chi connectivity index (χ3v) is 5.56. The van der Waals surface area contributed by atoms with Gasteiger partial charge in [0.15, 0.2) is 0 Å². The zero-order valence-corrected chi connectivity index (χ0v) is 14.3. The number of carbonyl (C=O) groups is 1. The Balaban J connectivity index is 0.00000220. The first kappa shape index (κ1) is 18.7. The summed E-state index contributed by atoms with van der Waals surface area (Å²) in [5.74, 6) is 0.936. The SMILES string of the molecule is CS(=O)(=O)CC1(CNC(=O)CCC2CCNCC2)CC1.Cl. The maximum absolute atomic E-state index is 11.8. The monoisotopic (exact) mass is 338 g/mol. The molecule has 0 unspecified atom stereocenters. The van der Waals surface area contributed by atoms with Crippen LogP contribution in [0.3, 0.4) is 0 Å². The molecule has 2 rings (SSSR count). The number of piperidine rings is 1. The van der Waals surface area contributed by atoms with Crippen LogP contribution in [0.25, 0.3) is 0 Å². The van der Waals surface area contributed by atoms with Gasteiger partial charge in [-0.2, -0.15) is 0 Å². The van der Waals surface area contributed by atoms with Crippen LogP contribution in [0.5, 0.6) is 0 Å². The van der Waals surface area contributed by atoms with E-state index >= 15 is 0 Å². The van der Waals surface area contributed by atoms with E-state index in [4.69, 9.17) is 0 Å². The highest BCUT2D eigenvalue weighted by atomic mass is 35.5. The molecule has 5 nitrogen and oxygen atoms in total. The van der Waals surface area contributed by atoms with Crippen molar-refractivity contribution in [3.05, 3.63) is 0 Å². The van der Waals surface area contributed by atoms with Crippen LogP contribution < -0.4 is 10.6 Å². The lowest BCUT2D eigenvalue weighted by molar-refractivity contribution is -0.121. The molecule has 1 aliphatic heterocycles. The quantitative estimate of drug-likeness (QED) is 0.729. The maximum Gasteiger partial charge on any atom is 0.220 e. The molecule has 0 aromatic rings. The van der Waals surface area contributed by atoms with Gasteiger partial charge in [0.05, 0.1) is 5.75 Å². The van der Waals surface area contributed by atoms with Crippen LogP contribution in [-0.4, -0.2) is 46.0 Å². The minimum atomic E-state index is -2.95. The van der Waals surface area contributed by atoms with Crippen LogP contribution in [0.4, 0.5) is 0 Å². The predicted molar refractivity (Wildman–Crippen MR) is 86.5 cm³/mol. The summed E-state index contributed by atoms with van der Waals surface area (Å²) in [6, 6.07) is 0. The molecule has 2 N–H and O–H groups in total. The summed E-state index contributed by atoms with van der Waals surface area (Å²) in [5.41, 5.74) is -0.169. The fraction of sp³-hybridized carbons (Fsp3) is 0.929. The summed E-state index contributed by atoms with van der Waals surface area (Å²) in [5, 5.41) is 6.25. The Kier molecular flexibility index (Phi) is 6.94. The lowest BCUT2D eigenvalue weighted by Gasteiger charge is -2.22. The molecule has 124 valence electrons. The Morgan fingerprint density at radius 3 is 2.43 bits per heavy atom. The van der Waals surface area contributed by atoms with Gasteiger partial charge in [-0.15, -0.1) is 12.4 Å². The average molecular weight is 339 g/mol. The van der Waals surface area contributed by atoms with E-state index in [0.29, 0.717) is 18.9 Å². The van der Waals surface area contributed by atoms with Crippen molar-refractivity contribution in [3.63, 3.8) is 0 Å². The molecule has 0 aromatic heterocycles. The van der Waals surface area contributed by atoms with Crippen molar-refractivity contribution >= 4 is 28.2 Å². The van der Waals surface area contributed by atoms with Gasteiger partial charge < -0.3 is 10.6 Å². The first-order valence-electron chi connectivity index (χ1n) is 7.54. The number of sulfone groups is 1. The van der Waals surface area contributed by atoms with E-state index in [2.05, 4.69) is 10.6 Å². The standard InChI is InChI=1S/C14H26N2O3S.ClH/c1-20(18,19)11-14(6-7-14)10-16-13(17)3-2-12-4-8-15-9-5-12;/h12,15H,2-11H2,1H3,(H,16,17);1H. The molecule has 1 aliphatic carbocycles. The fourth-order valence-electron chi connectivity index (χ4n) is 2.99. The van der Waals surface area contributed by atoms with Gasteiger partial charge in [-0.3, -0.25) is 4.79 Å². The van der Waals surface area contributed by atoms with Crippen LogP contribution in [-0.2, 0) is 14.6 Å². The number of halogens is 1. The van der Waals surface area contributed by atoms with Crippen LogP contribution in [0.1, 0.15) is 38.5 Å². The summed E-state index contributed by atoms with van der Waals surface area (Å²) < 4.78 is 22.7. The summed E-state index contributed by atoms with van der Waals surface area (Å²) in [6.07, 6.45) is 6.93. The minimum absolute atomic E-state index is 0. The molecule has 1 heterocycles. The second-order valence-electron chi connectivity index (χ2n) is 6.58. The first-order chi connectivity index (χ1) is 9.39. The summed E-state index contributed by atoms with van der Waals surface area (Å²) in [6.45, 7) is 2.64. The molecule has 7 heteroatoms. The van der Waals surface area contributed by atoms with E-state index in [1.54, 1.807) is 0 Å². The molecule has 2 aliphatic rings. The first-order valence-corrected chi connectivity index (χ1v) is 9.60. The molecule has 0 radical (unpaired) electrons. The number of rotatable bonds is 7. The van der Waals surface area contributed by atoms with E-state index in [1.807, 2.05) is 0 Å². The van der Waals surface area contributed by atoms with Crippen LogP contribution in [0, 0.1) is 11.3 Å². The third-order valence-electron chi connectivity index (χ3n) is 4.42. The predicted octanol–water partition coefficient (Wildman–Crippen LogP) is 1.13. The van der Waals surface area contributed by atoms with Crippen LogP contribution in [0.2, 0.25) is 0 Å². The molecule has 2 fully saturated rings. The van der Waals surface area contributed by atoms with Crippen LogP contribution in [0.15, 0.2) is 0 Å². The van der Waals surface area contributed by atoms with Crippen molar-refractivity contribution in [1.82, 2.24) is 10.6 Å². The van der Waals surface area contributed by atoms with Gasteiger partial charge in [0.25, 0.3) is 0 Å². The maximum atomic E-state index is 11.8. The molecule has 0 bridgehead atoms. The lowest BCUT2D eigenvalue weighted by atomic mass is 9.93. The van der Waals surface area contributed by atoms with Gasteiger partial charge in [-0.05, 0) is 51.1 Å². The number of nitrogens with one attached hydrogen (secondary N) is 2. The van der Waals surface area contributed by atoms with Gasteiger partial charge in [0.2, 0.25) is 5.91 Å². The van der Waals surface area contributed by atoms with Crippen LogP contribution >= 0.6 is 12.4 Å². The van der Waals surface area contributed by atoms with Gasteiger partial charge in [-0.25, -0.2) is 8.42 Å². The van der Waals surface area contributed by atoms with Crippen molar-refractivity contribution in [2.45, 2.75) is 38.5 Å². The normalized spacial score (nSPS) is 21.4. The third kappa shape index (κ3) is 6.98. The van der Waals surface area contributed by atoms with Crippen molar-refractivity contribution in [1.29, 1.82) is 0 Å². The Morgan fingerprint density at radius 1 is 1.29 bits per heavy atom. The fourth-order valence-corrected chi connectivity index (χ4v) is 4.49. The van der Waals surface area contributed by atoms with E-state index in [1.165, 1.54) is 6.26 Å². The summed E-state index contributed by atoms with van der Waals surface area (Å²) in [7, 11) is -2.95. The van der Waals surface area contributed by atoms with Gasteiger partial charge >= 0.3 is 0 Å². The minimum Gasteiger partial charge on any atom is -0.356 e. The smallest absolute Gasteiger partial charge is 0.220 e. The topological polar surface area (TPSA) is 75.3 Å². The van der Waals surface area contributed by atoms with E-state index < -0.39 is 9.84 Å². The number of carbonyl (C=O) groups excluding carboxylic acids is 1. The number of amides is 1. The molecule has 1 saturated heterocycles. The Hall–Kier alpha value is -0.330. The van der Waals surface area contributed by atoms with Gasteiger partial charge in [0.1, 0.15) is 9.84 Å². The second kappa shape index (κ2) is 7.79. The van der Waals surface area contributed by atoms with Gasteiger partial charge in [-0.1, -0.05) is 0 Å². The molecule has 21 heavy (non-hydrogen) atoms. The Bertz CT molecular complexity index is 443. The lowest BCUT2D eigenvalue weighted by Crippen LogP contribution is -2.34. The zero-order chi connectivity index (χ0) is 14.6. The molecular formula is C14H27ClN2O3S. The van der Waals surface area contributed by atoms with Crippen molar-refractivity contribution in [2.24, 2.45) is 11.3 Å². The summed E-state index contributed by atoms with van der Waals surface area (Å²) in [4.78, 5) is 11.8. The average Bonchev–Trinajstić information content (AvgIpc) is 3.13. The largest absolute Gasteiger partial charge is 0.356 e. The molecule has 0 aromatic carbocycles. The number of hydrogen-bond acceptors (Lipinski definition) is 4. The van der Waals surface area contributed by atoms with Crippen molar-refractivity contribution in [3.8, 4) is 0 Å². The molecule has 1 saturated carbocycles. The molecular weight excluding hydrogens is 312 g/mol. The van der Waals surface area contributed by atoms with Gasteiger partial charge in [0, 0.05) is 24.6 Å². The highest BCUT2D eigenvalue weighted by Crippen LogP contribution is 2.46. The van der Waals surface area contributed by atoms with E-state index in [-0.39, 0.29) is 29.5 Å². The molecule has 0 spiro atoms. The zero-order valence-electron chi connectivity index (χ0n) is 12.7. The van der Waals surface area contributed by atoms with E-state index in [0.717, 1.165) is 45.2 Å². The Labute approximate surface area is 134 Å². The second-order valence-corrected chi connectivity index (χ2v) is 8.72. The van der Waals surface area contributed by atoms with Crippen molar-refractivity contribution in [2.75, 3.05) is 31.6 Å². The highest BCUT2D eigenvalue weighted by molar-refractivity contribution is 7.90. The highest BCUT2D eigenvalue weighted by Gasteiger charge is 2.45. The Morgan fingerprint density at radius 2 is 1.90 bits per heavy atom. The summed E-state index contributed by atoms with van der Waals surface area (Å²) >= 11 is 0. The van der Waals surface area contributed by atoms with Crippen molar-refractivity contribution < 1.29 is 13.2 Å². The molecule has 1 amide bonds. The number of hydrogen-bond donors (Lipinski definition) is 2. The van der Waals surface area contributed by atoms with E-state index in [9.17, 15) is 13.2 Å².